The Morgan fingerprint density at radius 3 is 2.00 bits per heavy atom. The van der Waals surface area contributed by atoms with Gasteiger partial charge in [0.05, 0.1) is 0 Å². The third-order valence-corrected chi connectivity index (χ3v) is 4.71. The molecule has 0 bridgehead atoms. The number of hydrogen-bond acceptors (Lipinski definition) is 2. The molecule has 0 amide bonds. The standard InChI is InChI=1S/C25H23NO.ClH/c1-3-9-20(10-4-1)17-26-18-24-23-14-8-7-13-22(23)15-16-25(24)27-19-21-11-5-2-6-12-21;/h1-16,26H,17-19H2;1H. The van der Waals surface area contributed by atoms with E-state index in [0.717, 1.165) is 18.8 Å². The molecule has 0 radical (unpaired) electrons. The van der Waals surface area contributed by atoms with Crippen molar-refractivity contribution in [3.63, 3.8) is 0 Å². The molecule has 142 valence electrons. The lowest BCUT2D eigenvalue weighted by Crippen LogP contribution is -2.14. The van der Waals surface area contributed by atoms with Gasteiger partial charge in [-0.2, -0.15) is 0 Å². The largest absolute Gasteiger partial charge is 0.489 e. The first kappa shape index (κ1) is 19.9. The monoisotopic (exact) mass is 389 g/mol. The summed E-state index contributed by atoms with van der Waals surface area (Å²) in [5.41, 5.74) is 3.67. The van der Waals surface area contributed by atoms with E-state index >= 15 is 0 Å². The van der Waals surface area contributed by atoms with E-state index in [1.54, 1.807) is 0 Å². The van der Waals surface area contributed by atoms with Gasteiger partial charge < -0.3 is 10.1 Å². The van der Waals surface area contributed by atoms with Crippen LogP contribution in [0.15, 0.2) is 97.1 Å². The van der Waals surface area contributed by atoms with Crippen LogP contribution in [0.5, 0.6) is 5.75 Å². The van der Waals surface area contributed by atoms with Crippen LogP contribution in [0, 0.1) is 0 Å². The summed E-state index contributed by atoms with van der Waals surface area (Å²) < 4.78 is 6.19. The van der Waals surface area contributed by atoms with Crippen molar-refractivity contribution in [2.45, 2.75) is 19.7 Å². The Bertz CT molecular complexity index is 1000. The van der Waals surface area contributed by atoms with E-state index in [4.69, 9.17) is 4.74 Å². The lowest BCUT2D eigenvalue weighted by molar-refractivity contribution is 0.302. The highest BCUT2D eigenvalue weighted by Gasteiger charge is 2.09. The van der Waals surface area contributed by atoms with Gasteiger partial charge in [0.1, 0.15) is 12.4 Å². The molecule has 4 rings (SSSR count). The van der Waals surface area contributed by atoms with Crippen LogP contribution in [0.3, 0.4) is 0 Å². The molecule has 0 aliphatic carbocycles. The van der Waals surface area contributed by atoms with Crippen molar-refractivity contribution in [1.82, 2.24) is 5.32 Å². The highest BCUT2D eigenvalue weighted by atomic mass is 35.5. The number of rotatable bonds is 7. The fourth-order valence-corrected chi connectivity index (χ4v) is 3.30. The van der Waals surface area contributed by atoms with E-state index in [1.807, 2.05) is 24.3 Å². The van der Waals surface area contributed by atoms with Crippen molar-refractivity contribution in [1.29, 1.82) is 0 Å². The van der Waals surface area contributed by atoms with Crippen molar-refractivity contribution < 1.29 is 4.74 Å². The molecule has 4 aromatic rings. The van der Waals surface area contributed by atoms with Crippen molar-refractivity contribution in [3.8, 4) is 5.75 Å². The molecule has 0 aliphatic heterocycles. The first-order valence-electron chi connectivity index (χ1n) is 9.32. The maximum Gasteiger partial charge on any atom is 0.124 e. The van der Waals surface area contributed by atoms with Crippen LogP contribution in [0.2, 0.25) is 0 Å². The minimum Gasteiger partial charge on any atom is -0.489 e. The SMILES string of the molecule is Cl.c1ccc(CNCc2c(OCc3ccccc3)ccc3ccccc23)cc1. The Balaban J connectivity index is 0.00000225. The molecule has 0 spiro atoms. The molecule has 0 aromatic heterocycles. The number of fused-ring (bicyclic) bond motifs is 1. The van der Waals surface area contributed by atoms with Crippen LogP contribution in [0.25, 0.3) is 10.8 Å². The van der Waals surface area contributed by atoms with Crippen molar-refractivity contribution in [2.75, 3.05) is 0 Å². The summed E-state index contributed by atoms with van der Waals surface area (Å²) >= 11 is 0. The zero-order chi connectivity index (χ0) is 18.3. The molecule has 0 atom stereocenters. The van der Waals surface area contributed by atoms with E-state index in [-0.39, 0.29) is 12.4 Å². The Morgan fingerprint density at radius 1 is 0.607 bits per heavy atom. The first-order chi connectivity index (χ1) is 13.4. The van der Waals surface area contributed by atoms with Crippen LogP contribution in [-0.4, -0.2) is 0 Å². The summed E-state index contributed by atoms with van der Waals surface area (Å²) in [5.74, 6) is 0.943. The predicted octanol–water partition coefficient (Wildman–Crippen LogP) is 6.13. The molecule has 0 unspecified atom stereocenters. The van der Waals surface area contributed by atoms with E-state index in [0.29, 0.717) is 6.61 Å². The van der Waals surface area contributed by atoms with Crippen LogP contribution in [0.1, 0.15) is 16.7 Å². The van der Waals surface area contributed by atoms with Crippen LogP contribution >= 0.6 is 12.4 Å². The molecule has 0 saturated carbocycles. The van der Waals surface area contributed by atoms with E-state index in [9.17, 15) is 0 Å². The maximum absolute atomic E-state index is 6.19. The summed E-state index contributed by atoms with van der Waals surface area (Å²) in [7, 11) is 0. The Morgan fingerprint density at radius 2 is 1.25 bits per heavy atom. The lowest BCUT2D eigenvalue weighted by Gasteiger charge is -2.15. The second kappa shape index (κ2) is 9.93. The van der Waals surface area contributed by atoms with E-state index < -0.39 is 0 Å². The molecule has 4 aromatic carbocycles. The number of hydrogen-bond donors (Lipinski definition) is 1. The van der Waals surface area contributed by atoms with E-state index in [2.05, 4.69) is 78.1 Å². The highest BCUT2D eigenvalue weighted by molar-refractivity contribution is 5.87. The predicted molar refractivity (Wildman–Crippen MR) is 119 cm³/mol. The van der Waals surface area contributed by atoms with Crippen LogP contribution in [0.4, 0.5) is 0 Å². The first-order valence-corrected chi connectivity index (χ1v) is 9.32. The average Bonchev–Trinajstić information content (AvgIpc) is 2.74. The summed E-state index contributed by atoms with van der Waals surface area (Å²) in [6, 6.07) is 33.5. The third kappa shape index (κ3) is 4.92. The lowest BCUT2D eigenvalue weighted by atomic mass is 10.0. The quantitative estimate of drug-likeness (QED) is 0.410. The second-order valence-corrected chi connectivity index (χ2v) is 6.63. The molecule has 2 nitrogen and oxygen atoms in total. The van der Waals surface area contributed by atoms with Crippen LogP contribution < -0.4 is 10.1 Å². The summed E-state index contributed by atoms with van der Waals surface area (Å²) in [6.45, 7) is 2.17. The molecule has 0 heterocycles. The number of halogens is 1. The zero-order valence-corrected chi connectivity index (χ0v) is 16.5. The van der Waals surface area contributed by atoms with Gasteiger partial charge >= 0.3 is 0 Å². The topological polar surface area (TPSA) is 21.3 Å². The number of ether oxygens (including phenoxy) is 1. The van der Waals surface area contributed by atoms with Gasteiger partial charge in [-0.3, -0.25) is 0 Å². The van der Waals surface area contributed by atoms with Gasteiger partial charge in [-0.05, 0) is 28.0 Å². The molecule has 0 fully saturated rings. The number of benzene rings is 4. The number of nitrogens with one attached hydrogen (secondary N) is 1. The Kier molecular flexibility index (Phi) is 7.07. The summed E-state index contributed by atoms with van der Waals surface area (Å²) in [5, 5.41) is 6.05. The fraction of sp³-hybridized carbons (Fsp3) is 0.120. The molecule has 3 heteroatoms. The summed E-state index contributed by atoms with van der Waals surface area (Å²) in [6.07, 6.45) is 0. The average molecular weight is 390 g/mol. The molecular weight excluding hydrogens is 366 g/mol. The van der Waals surface area contributed by atoms with Crippen molar-refractivity contribution >= 4 is 23.2 Å². The highest BCUT2D eigenvalue weighted by Crippen LogP contribution is 2.29. The maximum atomic E-state index is 6.19. The van der Waals surface area contributed by atoms with Crippen molar-refractivity contribution in [2.24, 2.45) is 0 Å². The van der Waals surface area contributed by atoms with Crippen molar-refractivity contribution in [3.05, 3.63) is 114 Å². The van der Waals surface area contributed by atoms with Crippen LogP contribution in [-0.2, 0) is 19.7 Å². The minimum atomic E-state index is 0. The van der Waals surface area contributed by atoms with E-state index in [1.165, 1.54) is 27.5 Å². The zero-order valence-electron chi connectivity index (χ0n) is 15.7. The third-order valence-electron chi connectivity index (χ3n) is 4.71. The smallest absolute Gasteiger partial charge is 0.124 e. The molecular formula is C25H24ClNO. The minimum absolute atomic E-state index is 0. The van der Waals surface area contributed by atoms with Gasteiger partial charge in [0.15, 0.2) is 0 Å². The molecule has 0 saturated heterocycles. The normalized spacial score (nSPS) is 10.4. The second-order valence-electron chi connectivity index (χ2n) is 6.63. The Hall–Kier alpha value is -2.81. The molecule has 0 aliphatic rings. The van der Waals surface area contributed by atoms with Gasteiger partial charge in [0.2, 0.25) is 0 Å². The Labute approximate surface area is 172 Å². The van der Waals surface area contributed by atoms with Gasteiger partial charge in [0.25, 0.3) is 0 Å². The fourth-order valence-electron chi connectivity index (χ4n) is 3.30. The summed E-state index contributed by atoms with van der Waals surface area (Å²) in [4.78, 5) is 0. The molecule has 28 heavy (non-hydrogen) atoms. The van der Waals surface area contributed by atoms with Gasteiger partial charge in [-0.15, -0.1) is 12.4 Å². The van der Waals surface area contributed by atoms with Gasteiger partial charge in [-0.1, -0.05) is 91.0 Å². The van der Waals surface area contributed by atoms with Gasteiger partial charge in [-0.25, -0.2) is 0 Å². The van der Waals surface area contributed by atoms with Gasteiger partial charge in [0, 0.05) is 18.7 Å². The molecule has 1 N–H and O–H groups in total.